The molecular weight excluding hydrogens is 399 g/mol. The molecule has 1 heterocycles. The molecule has 0 aromatic heterocycles. The van der Waals surface area contributed by atoms with Crippen LogP contribution in [0.15, 0.2) is 36.4 Å². The number of amides is 2. The van der Waals surface area contributed by atoms with Crippen LogP contribution in [0.25, 0.3) is 0 Å². The van der Waals surface area contributed by atoms with Crippen molar-refractivity contribution >= 4 is 29.3 Å². The Hall–Kier alpha value is -2.34. The minimum absolute atomic E-state index is 0.0863. The molecule has 160 valence electrons. The number of aryl methyl sites for hydroxylation is 2. The lowest BCUT2D eigenvalue weighted by Gasteiger charge is -2.35. The van der Waals surface area contributed by atoms with E-state index in [1.165, 1.54) is 6.07 Å². The van der Waals surface area contributed by atoms with Crippen molar-refractivity contribution in [1.29, 1.82) is 0 Å². The van der Waals surface area contributed by atoms with Crippen molar-refractivity contribution in [3.05, 3.63) is 64.5 Å². The Labute approximate surface area is 182 Å². The molecule has 30 heavy (non-hydrogen) atoms. The first-order chi connectivity index (χ1) is 14.4. The van der Waals surface area contributed by atoms with Crippen LogP contribution in [0.3, 0.4) is 0 Å². The van der Waals surface area contributed by atoms with E-state index in [0.29, 0.717) is 37.1 Å². The van der Waals surface area contributed by atoms with E-state index in [0.717, 1.165) is 29.0 Å². The standard InChI is InChI=1S/C24H29FN2O2S/c1-16-12-20(24(29)26-10-11-30-3)13-17(2)23(16)27-15-18(8-9-22(27)28)14-19-6-4-5-7-21(19)25/h4-7,12-13,18H,8-11,14-15H2,1-3H3,(H,26,29). The highest BCUT2D eigenvalue weighted by atomic mass is 32.2. The van der Waals surface area contributed by atoms with Gasteiger partial charge in [0.25, 0.3) is 5.91 Å². The Balaban J connectivity index is 1.78. The number of carbonyl (C=O) groups is 2. The zero-order valence-corrected chi connectivity index (χ0v) is 18.7. The van der Waals surface area contributed by atoms with E-state index in [9.17, 15) is 14.0 Å². The summed E-state index contributed by atoms with van der Waals surface area (Å²) in [5.41, 5.74) is 4.00. The second-order valence-corrected chi connectivity index (χ2v) is 8.90. The first-order valence-corrected chi connectivity index (χ1v) is 11.7. The van der Waals surface area contributed by atoms with Crippen molar-refractivity contribution in [2.24, 2.45) is 5.92 Å². The van der Waals surface area contributed by atoms with Crippen LogP contribution in [0.4, 0.5) is 10.1 Å². The average molecular weight is 429 g/mol. The number of rotatable bonds is 7. The van der Waals surface area contributed by atoms with Crippen LogP contribution in [0.1, 0.15) is 39.9 Å². The molecule has 1 unspecified atom stereocenters. The van der Waals surface area contributed by atoms with Gasteiger partial charge in [0.1, 0.15) is 5.82 Å². The van der Waals surface area contributed by atoms with Crippen LogP contribution in [0.2, 0.25) is 0 Å². The third kappa shape index (κ3) is 5.22. The molecule has 4 nitrogen and oxygen atoms in total. The van der Waals surface area contributed by atoms with Gasteiger partial charge in [0.2, 0.25) is 5.91 Å². The van der Waals surface area contributed by atoms with Crippen molar-refractivity contribution in [3.8, 4) is 0 Å². The molecule has 0 radical (unpaired) electrons. The van der Waals surface area contributed by atoms with Crippen molar-refractivity contribution in [3.63, 3.8) is 0 Å². The summed E-state index contributed by atoms with van der Waals surface area (Å²) in [6.07, 6.45) is 3.83. The van der Waals surface area contributed by atoms with Gasteiger partial charge in [0, 0.05) is 36.5 Å². The van der Waals surface area contributed by atoms with Crippen LogP contribution in [-0.4, -0.2) is 36.9 Å². The molecular formula is C24H29FN2O2S. The number of piperidine rings is 1. The molecule has 2 aromatic rings. The fourth-order valence-electron chi connectivity index (χ4n) is 4.15. The number of nitrogens with zero attached hydrogens (tertiary/aromatic N) is 1. The predicted molar refractivity (Wildman–Crippen MR) is 122 cm³/mol. The summed E-state index contributed by atoms with van der Waals surface area (Å²) in [6.45, 7) is 5.07. The summed E-state index contributed by atoms with van der Waals surface area (Å²) in [5, 5.41) is 2.93. The lowest BCUT2D eigenvalue weighted by atomic mass is 9.89. The van der Waals surface area contributed by atoms with Crippen LogP contribution < -0.4 is 10.2 Å². The highest BCUT2D eigenvalue weighted by molar-refractivity contribution is 7.98. The smallest absolute Gasteiger partial charge is 0.251 e. The summed E-state index contributed by atoms with van der Waals surface area (Å²) in [7, 11) is 0. The van der Waals surface area contributed by atoms with Gasteiger partial charge in [-0.15, -0.1) is 0 Å². The zero-order valence-electron chi connectivity index (χ0n) is 17.8. The van der Waals surface area contributed by atoms with E-state index in [2.05, 4.69) is 5.32 Å². The number of benzene rings is 2. The van der Waals surface area contributed by atoms with E-state index in [1.807, 2.05) is 49.3 Å². The van der Waals surface area contributed by atoms with E-state index < -0.39 is 0 Å². The first-order valence-electron chi connectivity index (χ1n) is 10.3. The van der Waals surface area contributed by atoms with Gasteiger partial charge in [-0.05, 0) is 73.8 Å². The first kappa shape index (κ1) is 22.3. The molecule has 2 aromatic carbocycles. The van der Waals surface area contributed by atoms with Gasteiger partial charge in [-0.25, -0.2) is 4.39 Å². The second kappa shape index (κ2) is 10.1. The van der Waals surface area contributed by atoms with E-state index >= 15 is 0 Å². The Morgan fingerprint density at radius 1 is 1.23 bits per heavy atom. The Bertz CT molecular complexity index is 908. The quantitative estimate of drug-likeness (QED) is 0.660. The topological polar surface area (TPSA) is 49.4 Å². The number of halogens is 1. The Kier molecular flexibility index (Phi) is 7.53. The molecule has 0 saturated carbocycles. The maximum atomic E-state index is 14.1. The van der Waals surface area contributed by atoms with E-state index in [-0.39, 0.29) is 23.5 Å². The summed E-state index contributed by atoms with van der Waals surface area (Å²) >= 11 is 1.69. The van der Waals surface area contributed by atoms with Gasteiger partial charge in [-0.3, -0.25) is 9.59 Å². The minimum Gasteiger partial charge on any atom is -0.351 e. The van der Waals surface area contributed by atoms with Crippen molar-refractivity contribution in [2.75, 3.05) is 30.0 Å². The second-order valence-electron chi connectivity index (χ2n) is 7.91. The molecule has 3 rings (SSSR count). The normalized spacial score (nSPS) is 16.6. The molecule has 6 heteroatoms. The zero-order chi connectivity index (χ0) is 21.7. The molecule has 1 saturated heterocycles. The van der Waals surface area contributed by atoms with Crippen LogP contribution in [-0.2, 0) is 11.2 Å². The van der Waals surface area contributed by atoms with Crippen LogP contribution in [0, 0.1) is 25.6 Å². The molecule has 1 aliphatic rings. The van der Waals surface area contributed by atoms with Gasteiger partial charge < -0.3 is 10.2 Å². The highest BCUT2D eigenvalue weighted by Gasteiger charge is 2.29. The number of anilines is 1. The lowest BCUT2D eigenvalue weighted by Crippen LogP contribution is -2.41. The van der Waals surface area contributed by atoms with Gasteiger partial charge in [0.05, 0.1) is 0 Å². The molecule has 0 bridgehead atoms. The molecule has 0 aliphatic carbocycles. The maximum Gasteiger partial charge on any atom is 0.251 e. The fourth-order valence-corrected chi connectivity index (χ4v) is 4.46. The Morgan fingerprint density at radius 3 is 2.60 bits per heavy atom. The third-order valence-electron chi connectivity index (χ3n) is 5.59. The SMILES string of the molecule is CSCCNC(=O)c1cc(C)c(N2CC(Cc3ccccc3F)CCC2=O)c(C)c1. The van der Waals surface area contributed by atoms with Crippen molar-refractivity contribution in [1.82, 2.24) is 5.32 Å². The van der Waals surface area contributed by atoms with E-state index in [1.54, 1.807) is 17.8 Å². The Morgan fingerprint density at radius 2 is 1.93 bits per heavy atom. The van der Waals surface area contributed by atoms with Gasteiger partial charge >= 0.3 is 0 Å². The fraction of sp³-hybridized carbons (Fsp3) is 0.417. The number of thioether (sulfide) groups is 1. The average Bonchev–Trinajstić information content (AvgIpc) is 2.71. The third-order valence-corrected chi connectivity index (χ3v) is 6.20. The summed E-state index contributed by atoms with van der Waals surface area (Å²) in [6, 6.07) is 10.5. The van der Waals surface area contributed by atoms with Crippen LogP contribution in [0.5, 0.6) is 0 Å². The molecule has 1 atom stereocenters. The molecule has 1 fully saturated rings. The lowest BCUT2D eigenvalue weighted by molar-refractivity contribution is -0.120. The van der Waals surface area contributed by atoms with Gasteiger partial charge in [0.15, 0.2) is 0 Å². The molecule has 1 aliphatic heterocycles. The van der Waals surface area contributed by atoms with Gasteiger partial charge in [-0.2, -0.15) is 11.8 Å². The predicted octanol–water partition coefficient (Wildman–Crippen LogP) is 4.52. The number of hydrogen-bond donors (Lipinski definition) is 1. The van der Waals surface area contributed by atoms with Crippen LogP contribution >= 0.6 is 11.8 Å². The highest BCUT2D eigenvalue weighted by Crippen LogP contribution is 2.32. The monoisotopic (exact) mass is 428 g/mol. The summed E-state index contributed by atoms with van der Waals surface area (Å²) in [5.74, 6) is 0.874. The summed E-state index contributed by atoms with van der Waals surface area (Å²) < 4.78 is 14.1. The maximum absolute atomic E-state index is 14.1. The largest absolute Gasteiger partial charge is 0.351 e. The minimum atomic E-state index is -0.190. The van der Waals surface area contributed by atoms with Gasteiger partial charge in [-0.1, -0.05) is 18.2 Å². The molecule has 2 amide bonds. The molecule has 0 spiro atoms. The summed E-state index contributed by atoms with van der Waals surface area (Å²) in [4.78, 5) is 27.0. The number of carbonyl (C=O) groups excluding carboxylic acids is 2. The van der Waals surface area contributed by atoms with E-state index in [4.69, 9.17) is 0 Å². The van der Waals surface area contributed by atoms with Crippen molar-refractivity contribution in [2.45, 2.75) is 33.1 Å². The number of hydrogen-bond acceptors (Lipinski definition) is 3. The molecule has 1 N–H and O–H groups in total. The van der Waals surface area contributed by atoms with Crippen molar-refractivity contribution < 1.29 is 14.0 Å². The number of nitrogens with one attached hydrogen (secondary N) is 1.